The van der Waals surface area contributed by atoms with Crippen LogP contribution in [-0.2, 0) is 0 Å². The summed E-state index contributed by atoms with van der Waals surface area (Å²) in [5, 5.41) is 0.734. The number of rotatable bonds is 2. The second-order valence-corrected chi connectivity index (χ2v) is 4.93. The smallest absolute Gasteiger partial charge is 0.0702 e. The molecule has 3 rings (SSSR count). The van der Waals surface area contributed by atoms with Crippen molar-refractivity contribution in [2.75, 3.05) is 0 Å². The average Bonchev–Trinajstić information content (AvgIpc) is 3.07. The maximum atomic E-state index is 5.96. The summed E-state index contributed by atoms with van der Waals surface area (Å²) in [6.45, 7) is 0. The molecule has 17 heavy (non-hydrogen) atoms. The third-order valence-electron chi connectivity index (χ3n) is 3.17. The summed E-state index contributed by atoms with van der Waals surface area (Å²) in [5.74, 6) is 0.510. The monoisotopic (exact) mass is 244 g/mol. The van der Waals surface area contributed by atoms with E-state index >= 15 is 0 Å². The average molecular weight is 245 g/mol. The summed E-state index contributed by atoms with van der Waals surface area (Å²) in [6.07, 6.45) is 3.01. The first kappa shape index (κ1) is 10.8. The SMILES string of the molecule is N[C@@H]1C[C@H]1c1ccc(-c2cccc(Cl)c2)nc1. The molecule has 1 fully saturated rings. The van der Waals surface area contributed by atoms with Gasteiger partial charge in [-0.3, -0.25) is 4.98 Å². The van der Waals surface area contributed by atoms with Gasteiger partial charge in [-0.05, 0) is 30.2 Å². The summed E-state index contributed by atoms with van der Waals surface area (Å²) in [6, 6.07) is 12.2. The fourth-order valence-electron chi connectivity index (χ4n) is 2.04. The minimum absolute atomic E-state index is 0.328. The van der Waals surface area contributed by atoms with Gasteiger partial charge in [-0.15, -0.1) is 0 Å². The van der Waals surface area contributed by atoms with E-state index in [0.717, 1.165) is 22.7 Å². The highest BCUT2D eigenvalue weighted by atomic mass is 35.5. The maximum Gasteiger partial charge on any atom is 0.0702 e. The number of hydrogen-bond donors (Lipinski definition) is 1. The number of nitrogens with zero attached hydrogens (tertiary/aromatic N) is 1. The van der Waals surface area contributed by atoms with Crippen LogP contribution >= 0.6 is 11.6 Å². The molecule has 2 atom stereocenters. The molecule has 1 saturated carbocycles. The third-order valence-corrected chi connectivity index (χ3v) is 3.41. The molecule has 0 bridgehead atoms. The Morgan fingerprint density at radius 3 is 2.65 bits per heavy atom. The normalized spacial score (nSPS) is 22.5. The largest absolute Gasteiger partial charge is 0.327 e. The molecule has 3 heteroatoms. The van der Waals surface area contributed by atoms with Gasteiger partial charge in [-0.25, -0.2) is 0 Å². The van der Waals surface area contributed by atoms with E-state index in [1.54, 1.807) is 0 Å². The number of aromatic nitrogens is 1. The number of hydrogen-bond acceptors (Lipinski definition) is 2. The Morgan fingerprint density at radius 1 is 1.24 bits per heavy atom. The van der Waals surface area contributed by atoms with E-state index in [4.69, 9.17) is 17.3 Å². The Bertz CT molecular complexity index is 536. The van der Waals surface area contributed by atoms with Crippen LogP contribution in [-0.4, -0.2) is 11.0 Å². The molecular weight excluding hydrogens is 232 g/mol. The molecule has 0 saturated heterocycles. The van der Waals surface area contributed by atoms with Gasteiger partial charge in [0.25, 0.3) is 0 Å². The van der Waals surface area contributed by atoms with Gasteiger partial charge in [0.05, 0.1) is 5.69 Å². The summed E-state index contributed by atoms with van der Waals surface area (Å²) >= 11 is 5.96. The Kier molecular flexibility index (Phi) is 2.61. The second kappa shape index (κ2) is 4.13. The fourth-order valence-corrected chi connectivity index (χ4v) is 2.23. The first-order valence-corrected chi connectivity index (χ1v) is 6.09. The summed E-state index contributed by atoms with van der Waals surface area (Å²) in [4.78, 5) is 4.47. The van der Waals surface area contributed by atoms with Crippen LogP contribution in [0.4, 0.5) is 0 Å². The molecule has 0 amide bonds. The van der Waals surface area contributed by atoms with Crippen molar-refractivity contribution < 1.29 is 0 Å². The Morgan fingerprint density at radius 2 is 2.06 bits per heavy atom. The predicted molar refractivity (Wildman–Crippen MR) is 70.0 cm³/mol. The number of pyridine rings is 1. The van der Waals surface area contributed by atoms with Crippen molar-refractivity contribution in [2.24, 2.45) is 5.73 Å². The van der Waals surface area contributed by atoms with E-state index in [-0.39, 0.29) is 0 Å². The minimum atomic E-state index is 0.328. The third kappa shape index (κ3) is 2.19. The van der Waals surface area contributed by atoms with Crippen molar-refractivity contribution in [1.29, 1.82) is 0 Å². The molecule has 1 aromatic carbocycles. The first-order chi connectivity index (χ1) is 8.24. The number of nitrogens with two attached hydrogens (primary N) is 1. The fraction of sp³-hybridized carbons (Fsp3) is 0.214. The van der Waals surface area contributed by atoms with Crippen LogP contribution in [0.2, 0.25) is 5.02 Å². The topological polar surface area (TPSA) is 38.9 Å². The molecule has 1 heterocycles. The Hall–Kier alpha value is -1.38. The predicted octanol–water partition coefficient (Wildman–Crippen LogP) is 3.22. The Labute approximate surface area is 105 Å². The van der Waals surface area contributed by atoms with Gasteiger partial charge in [0.15, 0.2) is 0 Å². The van der Waals surface area contributed by atoms with Gasteiger partial charge in [0.1, 0.15) is 0 Å². The molecule has 2 aromatic rings. The molecule has 86 valence electrons. The summed E-state index contributed by atoms with van der Waals surface area (Å²) < 4.78 is 0. The van der Waals surface area contributed by atoms with E-state index in [1.807, 2.05) is 36.5 Å². The zero-order valence-electron chi connectivity index (χ0n) is 9.31. The van der Waals surface area contributed by atoms with E-state index < -0.39 is 0 Å². The Balaban J connectivity index is 1.89. The van der Waals surface area contributed by atoms with Crippen LogP contribution in [0.3, 0.4) is 0 Å². The second-order valence-electron chi connectivity index (χ2n) is 4.49. The lowest BCUT2D eigenvalue weighted by Gasteiger charge is -2.03. The summed E-state index contributed by atoms with van der Waals surface area (Å²) in [7, 11) is 0. The summed E-state index contributed by atoms with van der Waals surface area (Å²) in [5.41, 5.74) is 9.06. The van der Waals surface area contributed by atoms with Crippen molar-refractivity contribution in [1.82, 2.24) is 4.98 Å². The molecule has 2 nitrogen and oxygen atoms in total. The van der Waals surface area contributed by atoms with E-state index in [0.29, 0.717) is 12.0 Å². The standard InChI is InChI=1S/C14H13ClN2/c15-11-3-1-2-9(6-11)14-5-4-10(8-17-14)12-7-13(12)16/h1-6,8,12-13H,7,16H2/t12-,13+/m0/s1. The lowest BCUT2D eigenvalue weighted by molar-refractivity contribution is 0.981. The van der Waals surface area contributed by atoms with E-state index in [2.05, 4.69) is 11.1 Å². The van der Waals surface area contributed by atoms with Crippen LogP contribution in [0, 0.1) is 0 Å². The lowest BCUT2D eigenvalue weighted by atomic mass is 10.1. The molecular formula is C14H13ClN2. The van der Waals surface area contributed by atoms with Crippen LogP contribution in [0.1, 0.15) is 17.9 Å². The number of halogens is 1. The molecule has 0 aliphatic heterocycles. The van der Waals surface area contributed by atoms with Gasteiger partial charge >= 0.3 is 0 Å². The van der Waals surface area contributed by atoms with Crippen molar-refractivity contribution in [2.45, 2.75) is 18.4 Å². The van der Waals surface area contributed by atoms with Crippen LogP contribution in [0.5, 0.6) is 0 Å². The quantitative estimate of drug-likeness (QED) is 0.881. The lowest BCUT2D eigenvalue weighted by Crippen LogP contribution is -2.01. The minimum Gasteiger partial charge on any atom is -0.327 e. The van der Waals surface area contributed by atoms with E-state index in [9.17, 15) is 0 Å². The molecule has 1 aromatic heterocycles. The number of benzene rings is 1. The van der Waals surface area contributed by atoms with Gasteiger partial charge in [0, 0.05) is 28.7 Å². The zero-order chi connectivity index (χ0) is 11.8. The van der Waals surface area contributed by atoms with Crippen LogP contribution in [0.25, 0.3) is 11.3 Å². The van der Waals surface area contributed by atoms with Gasteiger partial charge in [-0.2, -0.15) is 0 Å². The van der Waals surface area contributed by atoms with Crippen molar-refractivity contribution in [3.05, 3.63) is 53.2 Å². The van der Waals surface area contributed by atoms with Crippen molar-refractivity contribution in [3.8, 4) is 11.3 Å². The molecule has 0 spiro atoms. The van der Waals surface area contributed by atoms with Crippen molar-refractivity contribution in [3.63, 3.8) is 0 Å². The molecule has 0 unspecified atom stereocenters. The van der Waals surface area contributed by atoms with Crippen molar-refractivity contribution >= 4 is 11.6 Å². The molecule has 0 radical (unpaired) electrons. The maximum absolute atomic E-state index is 5.96. The van der Waals surface area contributed by atoms with Gasteiger partial charge in [-0.1, -0.05) is 29.8 Å². The zero-order valence-corrected chi connectivity index (χ0v) is 10.1. The molecule has 2 N–H and O–H groups in total. The van der Waals surface area contributed by atoms with Gasteiger partial charge in [0.2, 0.25) is 0 Å². The highest BCUT2D eigenvalue weighted by molar-refractivity contribution is 6.30. The van der Waals surface area contributed by atoms with Crippen LogP contribution < -0.4 is 5.73 Å². The van der Waals surface area contributed by atoms with Crippen LogP contribution in [0.15, 0.2) is 42.6 Å². The van der Waals surface area contributed by atoms with Gasteiger partial charge < -0.3 is 5.73 Å². The molecule has 1 aliphatic carbocycles. The highest BCUT2D eigenvalue weighted by Gasteiger charge is 2.34. The highest BCUT2D eigenvalue weighted by Crippen LogP contribution is 2.38. The van der Waals surface area contributed by atoms with E-state index in [1.165, 1.54) is 5.56 Å². The first-order valence-electron chi connectivity index (χ1n) is 5.71. The molecule has 1 aliphatic rings.